The van der Waals surface area contributed by atoms with Gasteiger partial charge in [-0.3, -0.25) is 23.4 Å². The third-order valence-corrected chi connectivity index (χ3v) is 9.92. The normalized spacial score (nSPS) is 14.7. The molecule has 13 heteroatoms. The Hall–Kier alpha value is -2.34. The highest BCUT2D eigenvalue weighted by molar-refractivity contribution is 7.47. The molecule has 0 aliphatic rings. The predicted molar refractivity (Wildman–Crippen MR) is 218 cm³/mol. The fourth-order valence-electron chi connectivity index (χ4n) is 5.55. The van der Waals surface area contributed by atoms with Crippen molar-refractivity contribution in [1.82, 2.24) is 0 Å². The Morgan fingerprint density at radius 2 is 1.13 bits per heavy atom. The number of phosphoric ester groups is 1. The zero-order valence-electron chi connectivity index (χ0n) is 34.1. The first kappa shape index (κ1) is 52.7. The molecule has 5 N–H and O–H groups in total. The second-order valence-corrected chi connectivity index (χ2v) is 15.8. The van der Waals surface area contributed by atoms with Crippen molar-refractivity contribution in [3.05, 3.63) is 36.5 Å². The van der Waals surface area contributed by atoms with E-state index < -0.39 is 57.2 Å². The molecule has 0 rings (SSSR count). The summed E-state index contributed by atoms with van der Waals surface area (Å²) in [7, 11) is -4.74. The van der Waals surface area contributed by atoms with Crippen molar-refractivity contribution in [2.75, 3.05) is 19.8 Å². The molecule has 0 bridgehead atoms. The van der Waals surface area contributed by atoms with Crippen LogP contribution < -0.4 is 5.73 Å². The van der Waals surface area contributed by atoms with E-state index in [1.807, 2.05) is 12.2 Å². The average Bonchev–Trinajstić information content (AvgIpc) is 3.15. The van der Waals surface area contributed by atoms with Gasteiger partial charge < -0.3 is 30.3 Å². The van der Waals surface area contributed by atoms with Crippen molar-refractivity contribution >= 4 is 25.7 Å². The van der Waals surface area contributed by atoms with Gasteiger partial charge in [0.1, 0.15) is 12.6 Å². The van der Waals surface area contributed by atoms with Crippen molar-refractivity contribution < 1.29 is 52.6 Å². The van der Waals surface area contributed by atoms with Crippen molar-refractivity contribution in [2.45, 2.75) is 193 Å². The van der Waals surface area contributed by atoms with Crippen LogP contribution in [0.4, 0.5) is 0 Å². The van der Waals surface area contributed by atoms with E-state index >= 15 is 0 Å². The van der Waals surface area contributed by atoms with Crippen LogP contribution in [0.3, 0.4) is 0 Å². The van der Waals surface area contributed by atoms with E-state index in [0.29, 0.717) is 19.3 Å². The first-order valence-corrected chi connectivity index (χ1v) is 22.6. The molecule has 0 saturated heterocycles. The number of unbranched alkanes of at least 4 members (excludes halogenated alkanes) is 18. The lowest BCUT2D eigenvalue weighted by molar-refractivity contribution is -0.161. The fourth-order valence-corrected chi connectivity index (χ4v) is 6.33. The van der Waals surface area contributed by atoms with Gasteiger partial charge >= 0.3 is 25.7 Å². The molecule has 0 aromatic rings. The quantitative estimate of drug-likeness (QED) is 0.0151. The number of ether oxygens (including phenoxy) is 2. The van der Waals surface area contributed by atoms with Crippen LogP contribution in [0.25, 0.3) is 0 Å². The summed E-state index contributed by atoms with van der Waals surface area (Å²) in [6.45, 7) is 2.64. The summed E-state index contributed by atoms with van der Waals surface area (Å²) < 4.78 is 32.6. The van der Waals surface area contributed by atoms with Gasteiger partial charge in [0.05, 0.1) is 19.3 Å². The number of aliphatic hydroxyl groups is 1. The highest BCUT2D eigenvalue weighted by Gasteiger charge is 2.28. The number of esters is 2. The van der Waals surface area contributed by atoms with Gasteiger partial charge in [-0.15, -0.1) is 0 Å². The van der Waals surface area contributed by atoms with Gasteiger partial charge in [0.25, 0.3) is 0 Å². The lowest BCUT2D eigenvalue weighted by atomic mass is 10.1. The lowest BCUT2D eigenvalue weighted by Crippen LogP contribution is -2.34. The lowest BCUT2D eigenvalue weighted by Gasteiger charge is -2.20. The maximum absolute atomic E-state index is 12.6. The van der Waals surface area contributed by atoms with Gasteiger partial charge in [0, 0.05) is 12.8 Å². The molecule has 0 saturated carbocycles. The van der Waals surface area contributed by atoms with Crippen LogP contribution in [0.15, 0.2) is 36.5 Å². The van der Waals surface area contributed by atoms with Crippen molar-refractivity contribution in [2.24, 2.45) is 5.73 Å². The number of aliphatic carboxylic acids is 1. The number of carboxylic acid groups (broad SMARTS) is 1. The fraction of sp³-hybridized carbons (Fsp3) is 0.786. The second-order valence-electron chi connectivity index (χ2n) is 14.3. The topological polar surface area (TPSA) is 192 Å². The van der Waals surface area contributed by atoms with E-state index in [4.69, 9.17) is 24.8 Å². The summed E-state index contributed by atoms with van der Waals surface area (Å²) in [5.41, 5.74) is 5.32. The van der Waals surface area contributed by atoms with Crippen LogP contribution in [0.1, 0.15) is 174 Å². The summed E-state index contributed by atoms with van der Waals surface area (Å²) in [5, 5.41) is 19.0. The van der Waals surface area contributed by atoms with Crippen molar-refractivity contribution in [3.8, 4) is 0 Å². The minimum atomic E-state index is -4.74. The number of hydrogen-bond donors (Lipinski definition) is 4. The molecular weight excluding hydrogens is 725 g/mol. The molecule has 4 unspecified atom stereocenters. The Morgan fingerprint density at radius 3 is 1.75 bits per heavy atom. The summed E-state index contributed by atoms with van der Waals surface area (Å²) in [4.78, 5) is 45.9. The molecular formula is C42H76NO11P. The first-order chi connectivity index (χ1) is 26.5. The minimum absolute atomic E-state index is 0.0933. The number of carboxylic acids is 1. The largest absolute Gasteiger partial charge is 0.480 e. The van der Waals surface area contributed by atoms with E-state index in [1.54, 1.807) is 6.08 Å². The average molecular weight is 802 g/mol. The van der Waals surface area contributed by atoms with Gasteiger partial charge in [0.2, 0.25) is 0 Å². The maximum atomic E-state index is 12.6. The van der Waals surface area contributed by atoms with Crippen molar-refractivity contribution in [1.29, 1.82) is 0 Å². The molecule has 4 atom stereocenters. The Kier molecular flexibility index (Phi) is 35.7. The number of allylic oxidation sites excluding steroid dienone is 5. The number of carbonyl (C=O) groups is 3. The van der Waals surface area contributed by atoms with Gasteiger partial charge in [-0.05, 0) is 57.8 Å². The van der Waals surface area contributed by atoms with E-state index in [2.05, 4.69) is 36.6 Å². The predicted octanol–water partition coefficient (Wildman–Crippen LogP) is 9.81. The van der Waals surface area contributed by atoms with Gasteiger partial charge in [-0.25, -0.2) is 4.57 Å². The smallest absolute Gasteiger partial charge is 0.472 e. The molecule has 55 heavy (non-hydrogen) atoms. The Bertz CT molecular complexity index is 1100. The second kappa shape index (κ2) is 37.2. The Morgan fingerprint density at radius 1 is 0.636 bits per heavy atom. The van der Waals surface area contributed by atoms with Gasteiger partial charge in [0.15, 0.2) is 6.10 Å². The zero-order chi connectivity index (χ0) is 40.8. The number of nitrogens with two attached hydrogens (primary N) is 1. The van der Waals surface area contributed by atoms with Crippen LogP contribution in [0.5, 0.6) is 0 Å². The minimum Gasteiger partial charge on any atom is -0.480 e. The molecule has 0 radical (unpaired) electrons. The third-order valence-electron chi connectivity index (χ3n) is 8.96. The van der Waals surface area contributed by atoms with Gasteiger partial charge in [-0.2, -0.15) is 0 Å². The van der Waals surface area contributed by atoms with E-state index in [1.165, 1.54) is 57.8 Å². The van der Waals surface area contributed by atoms with Crippen LogP contribution >= 0.6 is 7.82 Å². The first-order valence-electron chi connectivity index (χ1n) is 21.1. The molecule has 0 aliphatic carbocycles. The Balaban J connectivity index is 4.48. The third kappa shape index (κ3) is 37.0. The monoisotopic (exact) mass is 802 g/mol. The molecule has 0 amide bonds. The molecule has 12 nitrogen and oxygen atoms in total. The highest BCUT2D eigenvalue weighted by Crippen LogP contribution is 2.43. The van der Waals surface area contributed by atoms with Crippen LogP contribution in [0, 0.1) is 0 Å². The molecule has 0 heterocycles. The van der Waals surface area contributed by atoms with Crippen molar-refractivity contribution in [3.63, 3.8) is 0 Å². The van der Waals surface area contributed by atoms with Crippen LogP contribution in [-0.4, -0.2) is 71.1 Å². The van der Waals surface area contributed by atoms with E-state index in [9.17, 15) is 28.9 Å². The number of rotatable bonds is 39. The maximum Gasteiger partial charge on any atom is 0.472 e. The number of phosphoric acid groups is 1. The van der Waals surface area contributed by atoms with Crippen LogP contribution in [-0.2, 0) is 37.5 Å². The van der Waals surface area contributed by atoms with Gasteiger partial charge in [-0.1, -0.05) is 140 Å². The summed E-state index contributed by atoms with van der Waals surface area (Å²) in [6, 6.07) is -1.54. The number of aliphatic hydroxyl groups excluding tert-OH is 1. The molecule has 0 aromatic heterocycles. The summed E-state index contributed by atoms with van der Waals surface area (Å²) in [6.07, 6.45) is 35.1. The molecule has 0 aliphatic heterocycles. The summed E-state index contributed by atoms with van der Waals surface area (Å²) >= 11 is 0. The van der Waals surface area contributed by atoms with E-state index in [-0.39, 0.29) is 19.4 Å². The summed E-state index contributed by atoms with van der Waals surface area (Å²) in [5.74, 6) is -2.48. The number of hydrogen-bond acceptors (Lipinski definition) is 10. The number of carbonyl (C=O) groups excluding carboxylic acids is 2. The zero-order valence-corrected chi connectivity index (χ0v) is 35.0. The molecule has 0 spiro atoms. The Labute approximate surface area is 332 Å². The molecule has 320 valence electrons. The molecule has 0 fully saturated rings. The molecule has 0 aromatic carbocycles. The van der Waals surface area contributed by atoms with Crippen LogP contribution in [0.2, 0.25) is 0 Å². The standard InChI is InChI=1S/C42H76NO11P/c1-3-5-7-9-11-12-13-14-15-16-17-18-20-24-28-32-40(45)51-34-38(35-52-55(49,50)53-36-39(43)42(47)48)54-41(46)33-29-25-21-23-27-31-37(44)30-26-22-19-10-8-6-4-2/h14-15,19,22,26,30,37-39,44H,3-13,16-18,20-21,23-25,27-29,31-36,43H2,1-2H3,(H,47,48)(H,49,50). The van der Waals surface area contributed by atoms with E-state index in [0.717, 1.165) is 70.6 Å². The SMILES string of the molecule is CCCCCC=CC=CC(O)CCCCCCCC(=O)OC(COC(=O)CCCCCCCC=CCCCCCCCC)COP(=O)(O)OCC(N)C(=O)O. The highest BCUT2D eigenvalue weighted by atomic mass is 31.2.